The van der Waals surface area contributed by atoms with Crippen molar-refractivity contribution in [3.8, 4) is 11.5 Å². The Kier molecular flexibility index (Phi) is 1.62. The molecule has 0 aliphatic rings. The molecule has 0 spiro atoms. The minimum atomic E-state index is 0.232. The Morgan fingerprint density at radius 3 is 1.50 bits per heavy atom. The summed E-state index contributed by atoms with van der Waals surface area (Å²) in [7, 11) is 3.54. The second-order valence-corrected chi connectivity index (χ2v) is 2.35. The summed E-state index contributed by atoms with van der Waals surface area (Å²) in [5, 5.41) is 18.2. The molecule has 50 valence electrons. The monoisotopic (exact) mass is 134 g/mol. The van der Waals surface area contributed by atoms with Crippen LogP contribution in [0.2, 0.25) is 0 Å². The molecule has 0 atom stereocenters. The van der Waals surface area contributed by atoms with E-state index in [1.54, 1.807) is 15.7 Å². The van der Waals surface area contributed by atoms with Crippen LogP contribution in [0.4, 0.5) is 0 Å². The van der Waals surface area contributed by atoms with Crippen LogP contribution in [0, 0.1) is 0 Å². The number of hydrogen-bond donors (Lipinski definition) is 2. The third kappa shape index (κ3) is 0.967. The first kappa shape index (κ1) is 7.06. The van der Waals surface area contributed by atoms with E-state index >= 15 is 0 Å². The van der Waals surface area contributed by atoms with E-state index in [0.29, 0.717) is 0 Å². The van der Waals surface area contributed by atoms with Crippen molar-refractivity contribution in [2.45, 2.75) is 0 Å². The molecule has 0 heterocycles. The maximum atomic E-state index is 9.11. The molecule has 0 aliphatic carbocycles. The molecular formula is C6H8B2O2. The van der Waals surface area contributed by atoms with Gasteiger partial charge < -0.3 is 10.2 Å². The van der Waals surface area contributed by atoms with Crippen molar-refractivity contribution in [3.05, 3.63) is 12.1 Å². The van der Waals surface area contributed by atoms with Gasteiger partial charge in [-0.15, -0.1) is 0 Å². The lowest BCUT2D eigenvalue weighted by atomic mass is 9.79. The van der Waals surface area contributed by atoms with Gasteiger partial charge in [0.25, 0.3) is 0 Å². The van der Waals surface area contributed by atoms with Gasteiger partial charge in [0.15, 0.2) is 0 Å². The predicted octanol–water partition coefficient (Wildman–Crippen LogP) is -2.39. The van der Waals surface area contributed by atoms with Crippen LogP contribution in [0.25, 0.3) is 0 Å². The lowest BCUT2D eigenvalue weighted by Crippen LogP contribution is -2.25. The summed E-state index contributed by atoms with van der Waals surface area (Å²) < 4.78 is 0. The minimum Gasteiger partial charge on any atom is -0.509 e. The largest absolute Gasteiger partial charge is 0.509 e. The Balaban J connectivity index is 3.34. The molecule has 0 saturated heterocycles. The van der Waals surface area contributed by atoms with Crippen LogP contribution in [0.15, 0.2) is 12.1 Å². The van der Waals surface area contributed by atoms with Gasteiger partial charge in [0.05, 0.1) is 0 Å². The molecule has 1 aromatic carbocycles. The van der Waals surface area contributed by atoms with Crippen LogP contribution >= 0.6 is 0 Å². The fraction of sp³-hybridized carbons (Fsp3) is 0. The highest BCUT2D eigenvalue weighted by Crippen LogP contribution is 2.07. The second-order valence-electron chi connectivity index (χ2n) is 2.35. The highest BCUT2D eigenvalue weighted by atomic mass is 16.3. The van der Waals surface area contributed by atoms with Gasteiger partial charge >= 0.3 is 0 Å². The van der Waals surface area contributed by atoms with Crippen molar-refractivity contribution in [3.63, 3.8) is 0 Å². The Morgan fingerprint density at radius 1 is 0.900 bits per heavy atom. The van der Waals surface area contributed by atoms with E-state index in [1.807, 2.05) is 0 Å². The van der Waals surface area contributed by atoms with E-state index in [-0.39, 0.29) is 11.5 Å². The Hall–Kier alpha value is -1.05. The standard InChI is InChI=1S/C6H8B2O2/c7-5-3(9)1-2-4(10)6(5)8/h1-2,9-10H,7-8H2. The van der Waals surface area contributed by atoms with Crippen LogP contribution in [0.1, 0.15) is 0 Å². The summed E-state index contributed by atoms with van der Waals surface area (Å²) >= 11 is 0. The van der Waals surface area contributed by atoms with Crippen LogP contribution < -0.4 is 10.9 Å². The third-order valence-electron chi connectivity index (χ3n) is 1.73. The summed E-state index contributed by atoms with van der Waals surface area (Å²) in [5.74, 6) is 0.464. The molecule has 0 aromatic heterocycles. The lowest BCUT2D eigenvalue weighted by molar-refractivity contribution is 0.467. The van der Waals surface area contributed by atoms with Crippen molar-refractivity contribution in [2.75, 3.05) is 0 Å². The summed E-state index contributed by atoms with van der Waals surface area (Å²) in [6.07, 6.45) is 0. The molecule has 0 fully saturated rings. The highest BCUT2D eigenvalue weighted by molar-refractivity contribution is 6.50. The molecule has 0 saturated carbocycles. The molecular weight excluding hydrogens is 126 g/mol. The van der Waals surface area contributed by atoms with Crippen molar-refractivity contribution >= 4 is 26.6 Å². The quantitative estimate of drug-likeness (QED) is 0.307. The average Bonchev–Trinajstić information content (AvgIpc) is 1.93. The lowest BCUT2D eigenvalue weighted by Gasteiger charge is -2.04. The summed E-state index contributed by atoms with van der Waals surface area (Å²) in [6.45, 7) is 0. The number of phenolic OH excluding ortho intramolecular Hbond substituents is 2. The zero-order valence-corrected chi connectivity index (χ0v) is 6.05. The highest BCUT2D eigenvalue weighted by Gasteiger charge is 2.01. The topological polar surface area (TPSA) is 40.5 Å². The molecule has 2 N–H and O–H groups in total. The van der Waals surface area contributed by atoms with E-state index in [4.69, 9.17) is 10.2 Å². The van der Waals surface area contributed by atoms with Crippen LogP contribution in [-0.4, -0.2) is 25.9 Å². The SMILES string of the molecule is Bc1c(O)ccc(O)c1B. The number of benzene rings is 1. The molecule has 4 heteroatoms. The zero-order chi connectivity index (χ0) is 7.72. The Labute approximate surface area is 61.3 Å². The van der Waals surface area contributed by atoms with Gasteiger partial charge in [0.1, 0.15) is 27.2 Å². The second kappa shape index (κ2) is 2.29. The van der Waals surface area contributed by atoms with Crippen molar-refractivity contribution in [1.29, 1.82) is 0 Å². The summed E-state index contributed by atoms with van der Waals surface area (Å²) in [4.78, 5) is 0. The number of aromatic hydroxyl groups is 2. The molecule has 0 unspecified atom stereocenters. The van der Waals surface area contributed by atoms with Gasteiger partial charge in [0, 0.05) is 0 Å². The predicted molar refractivity (Wildman–Crippen MR) is 46.1 cm³/mol. The first-order chi connectivity index (χ1) is 4.63. The normalized spacial score (nSPS) is 9.60. The van der Waals surface area contributed by atoms with E-state index < -0.39 is 0 Å². The Bertz CT molecular complexity index is 233. The Morgan fingerprint density at radius 2 is 1.20 bits per heavy atom. The van der Waals surface area contributed by atoms with Gasteiger partial charge in [-0.3, -0.25) is 0 Å². The van der Waals surface area contributed by atoms with Crippen molar-refractivity contribution in [1.82, 2.24) is 0 Å². The van der Waals surface area contributed by atoms with E-state index in [0.717, 1.165) is 10.9 Å². The van der Waals surface area contributed by atoms with Crippen molar-refractivity contribution < 1.29 is 10.2 Å². The van der Waals surface area contributed by atoms with E-state index in [2.05, 4.69) is 0 Å². The van der Waals surface area contributed by atoms with E-state index in [1.165, 1.54) is 12.1 Å². The molecule has 1 aromatic rings. The molecule has 2 nitrogen and oxygen atoms in total. The molecule has 1 rings (SSSR count). The molecule has 0 aliphatic heterocycles. The van der Waals surface area contributed by atoms with Gasteiger partial charge in [-0.2, -0.15) is 0 Å². The average molecular weight is 134 g/mol. The van der Waals surface area contributed by atoms with Gasteiger partial charge in [-0.25, -0.2) is 0 Å². The number of phenols is 2. The van der Waals surface area contributed by atoms with Crippen molar-refractivity contribution in [2.24, 2.45) is 0 Å². The number of hydrogen-bond acceptors (Lipinski definition) is 2. The molecule has 0 bridgehead atoms. The number of rotatable bonds is 0. The third-order valence-corrected chi connectivity index (χ3v) is 1.73. The maximum Gasteiger partial charge on any atom is 0.143 e. The zero-order valence-electron chi connectivity index (χ0n) is 6.05. The first-order valence-electron chi connectivity index (χ1n) is 3.11. The van der Waals surface area contributed by atoms with Gasteiger partial charge in [-0.05, 0) is 12.1 Å². The minimum absolute atomic E-state index is 0.232. The summed E-state index contributed by atoms with van der Waals surface area (Å²) in [5.41, 5.74) is 1.47. The molecule has 0 radical (unpaired) electrons. The first-order valence-corrected chi connectivity index (χ1v) is 3.11. The van der Waals surface area contributed by atoms with Gasteiger partial charge in [0.2, 0.25) is 0 Å². The van der Waals surface area contributed by atoms with Crippen LogP contribution in [-0.2, 0) is 0 Å². The molecule has 0 amide bonds. The van der Waals surface area contributed by atoms with Crippen LogP contribution in [0.5, 0.6) is 11.5 Å². The smallest absolute Gasteiger partial charge is 0.143 e. The van der Waals surface area contributed by atoms with Crippen LogP contribution in [0.3, 0.4) is 0 Å². The van der Waals surface area contributed by atoms with E-state index in [9.17, 15) is 0 Å². The maximum absolute atomic E-state index is 9.11. The summed E-state index contributed by atoms with van der Waals surface area (Å²) in [6, 6.07) is 2.97. The molecule has 10 heavy (non-hydrogen) atoms. The fourth-order valence-corrected chi connectivity index (χ4v) is 0.792. The fourth-order valence-electron chi connectivity index (χ4n) is 0.792. The van der Waals surface area contributed by atoms with Gasteiger partial charge in [-0.1, -0.05) is 10.9 Å².